The van der Waals surface area contributed by atoms with Crippen LogP contribution in [0.4, 0.5) is 11.5 Å². The number of nitrogens with one attached hydrogen (secondary N) is 1. The SMILES string of the molecule is C#CC(C)(C)Nc1ncc([N+](=O)[O-])cc1Br. The largest absolute Gasteiger partial charge is 0.353 e. The summed E-state index contributed by atoms with van der Waals surface area (Å²) < 4.78 is 0.505. The van der Waals surface area contributed by atoms with E-state index in [0.717, 1.165) is 0 Å². The third-order valence-corrected chi connectivity index (χ3v) is 2.43. The Labute approximate surface area is 102 Å². The summed E-state index contributed by atoms with van der Waals surface area (Å²) in [4.78, 5) is 13.9. The second-order valence-electron chi connectivity index (χ2n) is 3.68. The number of pyridine rings is 1. The standard InChI is InChI=1S/C10H10BrN3O2/c1-4-10(2,3)13-9-8(11)5-7(6-12-9)14(15)16/h1,5-6H,2-3H3,(H,12,13). The highest BCUT2D eigenvalue weighted by molar-refractivity contribution is 9.10. The normalized spacial score (nSPS) is 10.6. The highest BCUT2D eigenvalue weighted by Crippen LogP contribution is 2.26. The van der Waals surface area contributed by atoms with Crippen molar-refractivity contribution in [3.8, 4) is 12.3 Å². The minimum Gasteiger partial charge on any atom is -0.353 e. The van der Waals surface area contributed by atoms with E-state index in [1.54, 1.807) is 0 Å². The number of rotatable bonds is 3. The van der Waals surface area contributed by atoms with Crippen LogP contribution < -0.4 is 5.32 Å². The zero-order valence-corrected chi connectivity index (χ0v) is 10.4. The molecule has 0 atom stereocenters. The number of nitro groups is 1. The molecule has 84 valence electrons. The van der Waals surface area contributed by atoms with Crippen molar-refractivity contribution in [3.05, 3.63) is 26.9 Å². The molecule has 0 aromatic carbocycles. The molecule has 0 spiro atoms. The molecule has 0 aliphatic carbocycles. The second kappa shape index (κ2) is 4.49. The van der Waals surface area contributed by atoms with Gasteiger partial charge in [-0.3, -0.25) is 10.1 Å². The van der Waals surface area contributed by atoms with E-state index in [0.29, 0.717) is 10.3 Å². The molecular weight excluding hydrogens is 274 g/mol. The maximum Gasteiger partial charge on any atom is 0.288 e. The molecule has 0 aliphatic heterocycles. The Hall–Kier alpha value is -1.61. The Kier molecular flexibility index (Phi) is 3.50. The Bertz CT molecular complexity index is 466. The van der Waals surface area contributed by atoms with Crippen molar-refractivity contribution in [1.29, 1.82) is 0 Å². The summed E-state index contributed by atoms with van der Waals surface area (Å²) in [6.07, 6.45) is 6.50. The lowest BCUT2D eigenvalue weighted by Crippen LogP contribution is -2.29. The lowest BCUT2D eigenvalue weighted by atomic mass is 10.1. The fourth-order valence-electron chi connectivity index (χ4n) is 0.952. The Morgan fingerprint density at radius 1 is 1.69 bits per heavy atom. The van der Waals surface area contributed by atoms with Crippen LogP contribution in [0.5, 0.6) is 0 Å². The second-order valence-corrected chi connectivity index (χ2v) is 4.53. The maximum absolute atomic E-state index is 10.5. The number of anilines is 1. The first-order valence-corrected chi connectivity index (χ1v) is 5.21. The number of hydrogen-bond donors (Lipinski definition) is 1. The van der Waals surface area contributed by atoms with Crippen LogP contribution in [-0.4, -0.2) is 15.4 Å². The summed E-state index contributed by atoms with van der Waals surface area (Å²) in [5.41, 5.74) is -0.637. The van der Waals surface area contributed by atoms with Gasteiger partial charge < -0.3 is 5.32 Å². The van der Waals surface area contributed by atoms with Crippen LogP contribution >= 0.6 is 15.9 Å². The maximum atomic E-state index is 10.5. The van der Waals surface area contributed by atoms with E-state index >= 15 is 0 Å². The third kappa shape index (κ3) is 2.94. The predicted molar refractivity (Wildman–Crippen MR) is 65.1 cm³/mol. The van der Waals surface area contributed by atoms with Gasteiger partial charge >= 0.3 is 0 Å². The fourth-order valence-corrected chi connectivity index (χ4v) is 1.39. The van der Waals surface area contributed by atoms with Gasteiger partial charge in [0.05, 0.1) is 14.9 Å². The quantitative estimate of drug-likeness (QED) is 0.526. The van der Waals surface area contributed by atoms with Gasteiger partial charge in [0.15, 0.2) is 0 Å². The van der Waals surface area contributed by atoms with Crippen LogP contribution in [-0.2, 0) is 0 Å². The van der Waals surface area contributed by atoms with Crippen LogP contribution in [0.3, 0.4) is 0 Å². The van der Waals surface area contributed by atoms with Gasteiger partial charge in [-0.2, -0.15) is 0 Å². The van der Waals surface area contributed by atoms with Crippen molar-refractivity contribution in [2.75, 3.05) is 5.32 Å². The van der Waals surface area contributed by atoms with Crippen molar-refractivity contribution >= 4 is 27.4 Å². The van der Waals surface area contributed by atoms with E-state index in [1.807, 2.05) is 13.8 Å². The molecule has 0 aliphatic rings. The number of aromatic nitrogens is 1. The van der Waals surface area contributed by atoms with Gasteiger partial charge in [0, 0.05) is 6.07 Å². The van der Waals surface area contributed by atoms with Gasteiger partial charge in [-0.05, 0) is 29.8 Å². The molecule has 16 heavy (non-hydrogen) atoms. The molecule has 0 radical (unpaired) electrons. The van der Waals surface area contributed by atoms with E-state index in [-0.39, 0.29) is 5.69 Å². The Morgan fingerprint density at radius 2 is 2.31 bits per heavy atom. The average molecular weight is 284 g/mol. The topological polar surface area (TPSA) is 68.1 Å². The highest BCUT2D eigenvalue weighted by atomic mass is 79.9. The summed E-state index contributed by atoms with van der Waals surface area (Å²) in [5, 5.41) is 13.5. The van der Waals surface area contributed by atoms with E-state index in [9.17, 15) is 10.1 Å². The molecule has 1 aromatic heterocycles. The molecule has 1 rings (SSSR count). The van der Waals surface area contributed by atoms with Gasteiger partial charge in [-0.15, -0.1) is 6.42 Å². The van der Waals surface area contributed by atoms with Crippen LogP contribution in [0.15, 0.2) is 16.7 Å². The van der Waals surface area contributed by atoms with Crippen molar-refractivity contribution in [3.63, 3.8) is 0 Å². The lowest BCUT2D eigenvalue weighted by molar-refractivity contribution is -0.385. The molecule has 0 saturated carbocycles. The van der Waals surface area contributed by atoms with Gasteiger partial charge in [0.2, 0.25) is 0 Å². The first kappa shape index (κ1) is 12.5. The van der Waals surface area contributed by atoms with Gasteiger partial charge in [0.25, 0.3) is 5.69 Å². The zero-order chi connectivity index (χ0) is 12.3. The highest BCUT2D eigenvalue weighted by Gasteiger charge is 2.17. The molecule has 0 bridgehead atoms. The number of terminal acetylenes is 1. The molecule has 0 amide bonds. The predicted octanol–water partition coefficient (Wildman–Crippen LogP) is 2.58. The summed E-state index contributed by atoms with van der Waals surface area (Å²) in [6.45, 7) is 3.62. The molecule has 0 fully saturated rings. The summed E-state index contributed by atoms with van der Waals surface area (Å²) >= 11 is 3.20. The molecule has 1 heterocycles. The van der Waals surface area contributed by atoms with Crippen molar-refractivity contribution < 1.29 is 4.92 Å². The molecule has 0 saturated heterocycles. The van der Waals surface area contributed by atoms with E-state index in [4.69, 9.17) is 6.42 Å². The molecular formula is C10H10BrN3O2. The van der Waals surface area contributed by atoms with Gasteiger partial charge in [0.1, 0.15) is 12.0 Å². The Morgan fingerprint density at radius 3 is 2.75 bits per heavy atom. The van der Waals surface area contributed by atoms with E-state index in [2.05, 4.69) is 32.2 Å². The summed E-state index contributed by atoms with van der Waals surface area (Å²) in [7, 11) is 0. The molecule has 6 heteroatoms. The number of nitrogens with zero attached hydrogens (tertiary/aromatic N) is 2. The smallest absolute Gasteiger partial charge is 0.288 e. The lowest BCUT2D eigenvalue weighted by Gasteiger charge is -2.20. The summed E-state index contributed by atoms with van der Waals surface area (Å²) in [5.74, 6) is 3.03. The monoisotopic (exact) mass is 283 g/mol. The van der Waals surface area contributed by atoms with Crippen LogP contribution in [0.1, 0.15) is 13.8 Å². The number of hydrogen-bond acceptors (Lipinski definition) is 4. The van der Waals surface area contributed by atoms with Crippen molar-refractivity contribution in [2.45, 2.75) is 19.4 Å². The van der Waals surface area contributed by atoms with Crippen LogP contribution in [0, 0.1) is 22.5 Å². The van der Waals surface area contributed by atoms with Crippen molar-refractivity contribution in [1.82, 2.24) is 4.98 Å². The molecule has 5 nitrogen and oxygen atoms in total. The minimum atomic E-state index is -0.564. The van der Waals surface area contributed by atoms with Crippen LogP contribution in [0.2, 0.25) is 0 Å². The van der Waals surface area contributed by atoms with E-state index in [1.165, 1.54) is 12.3 Å². The molecule has 0 unspecified atom stereocenters. The minimum absolute atomic E-state index is 0.0732. The van der Waals surface area contributed by atoms with E-state index < -0.39 is 10.5 Å². The fraction of sp³-hybridized carbons (Fsp3) is 0.300. The first-order chi connectivity index (χ1) is 7.35. The molecule has 1 aromatic rings. The van der Waals surface area contributed by atoms with Gasteiger partial charge in [-0.25, -0.2) is 4.98 Å². The summed E-state index contributed by atoms with van der Waals surface area (Å²) in [6, 6.07) is 1.38. The first-order valence-electron chi connectivity index (χ1n) is 4.41. The van der Waals surface area contributed by atoms with Gasteiger partial charge in [-0.1, -0.05) is 5.92 Å². The Balaban J connectivity index is 3.02. The third-order valence-electron chi connectivity index (χ3n) is 1.83. The van der Waals surface area contributed by atoms with Crippen molar-refractivity contribution in [2.24, 2.45) is 0 Å². The average Bonchev–Trinajstić information content (AvgIpc) is 2.20. The molecule has 1 N–H and O–H groups in total. The number of halogens is 1. The zero-order valence-electron chi connectivity index (χ0n) is 8.82. The van der Waals surface area contributed by atoms with Crippen LogP contribution in [0.25, 0.3) is 0 Å².